The van der Waals surface area contributed by atoms with E-state index in [2.05, 4.69) is 15.6 Å². The lowest BCUT2D eigenvalue weighted by molar-refractivity contribution is 0.102. The van der Waals surface area contributed by atoms with E-state index >= 15 is 0 Å². The lowest BCUT2D eigenvalue weighted by Gasteiger charge is -2.09. The molecule has 1 heterocycles. The van der Waals surface area contributed by atoms with Crippen molar-refractivity contribution < 1.29 is 9.59 Å². The molecule has 0 aliphatic rings. The van der Waals surface area contributed by atoms with Crippen molar-refractivity contribution in [1.29, 1.82) is 0 Å². The summed E-state index contributed by atoms with van der Waals surface area (Å²) in [6.45, 7) is 5.81. The van der Waals surface area contributed by atoms with E-state index < -0.39 is 0 Å². The SMILES string of the molecule is Cc1cc(C)cc(NC(=O)c2cncc(C(=O)Nc3ccc(C)c(Cl)c3)c2)c1. The molecule has 1 aromatic heterocycles. The zero-order chi connectivity index (χ0) is 20.3. The molecule has 0 saturated carbocycles. The van der Waals surface area contributed by atoms with Crippen LogP contribution in [0.5, 0.6) is 0 Å². The number of nitrogens with one attached hydrogen (secondary N) is 2. The molecule has 142 valence electrons. The zero-order valence-electron chi connectivity index (χ0n) is 15.8. The topological polar surface area (TPSA) is 71.1 Å². The number of benzene rings is 2. The van der Waals surface area contributed by atoms with Crippen LogP contribution in [-0.2, 0) is 0 Å². The highest BCUT2D eigenvalue weighted by Gasteiger charge is 2.13. The van der Waals surface area contributed by atoms with Crippen LogP contribution in [0.15, 0.2) is 54.9 Å². The first-order chi connectivity index (χ1) is 13.3. The van der Waals surface area contributed by atoms with Gasteiger partial charge in [-0.15, -0.1) is 0 Å². The Bertz CT molecular complexity index is 1040. The minimum Gasteiger partial charge on any atom is -0.322 e. The van der Waals surface area contributed by atoms with Crippen LogP contribution in [0.4, 0.5) is 11.4 Å². The molecule has 2 amide bonds. The van der Waals surface area contributed by atoms with E-state index in [1.54, 1.807) is 12.1 Å². The molecule has 3 rings (SSSR count). The molecular formula is C22H20ClN3O2. The molecule has 0 bridgehead atoms. The van der Waals surface area contributed by atoms with Crippen LogP contribution in [0, 0.1) is 20.8 Å². The number of rotatable bonds is 4. The van der Waals surface area contributed by atoms with E-state index in [0.717, 1.165) is 16.7 Å². The second kappa shape index (κ2) is 8.23. The molecule has 2 N–H and O–H groups in total. The van der Waals surface area contributed by atoms with Gasteiger partial charge in [-0.25, -0.2) is 0 Å². The Morgan fingerprint density at radius 2 is 1.36 bits per heavy atom. The molecule has 0 spiro atoms. The van der Waals surface area contributed by atoms with Crippen molar-refractivity contribution in [3.63, 3.8) is 0 Å². The second-order valence-electron chi connectivity index (χ2n) is 6.71. The predicted molar refractivity (Wildman–Crippen MR) is 112 cm³/mol. The van der Waals surface area contributed by atoms with Gasteiger partial charge in [-0.05, 0) is 67.8 Å². The normalized spacial score (nSPS) is 10.4. The fraction of sp³-hybridized carbons (Fsp3) is 0.136. The maximum Gasteiger partial charge on any atom is 0.257 e. The van der Waals surface area contributed by atoms with E-state index in [-0.39, 0.29) is 17.4 Å². The Balaban J connectivity index is 1.76. The van der Waals surface area contributed by atoms with E-state index in [1.807, 2.05) is 45.0 Å². The summed E-state index contributed by atoms with van der Waals surface area (Å²) in [5.74, 6) is -0.695. The van der Waals surface area contributed by atoms with Crippen LogP contribution in [0.3, 0.4) is 0 Å². The van der Waals surface area contributed by atoms with Gasteiger partial charge >= 0.3 is 0 Å². The van der Waals surface area contributed by atoms with Crippen LogP contribution >= 0.6 is 11.6 Å². The Labute approximate surface area is 168 Å². The molecule has 6 heteroatoms. The number of hydrogen-bond acceptors (Lipinski definition) is 3. The van der Waals surface area contributed by atoms with Crippen LogP contribution < -0.4 is 10.6 Å². The number of pyridine rings is 1. The first-order valence-electron chi connectivity index (χ1n) is 8.74. The standard InChI is InChI=1S/C22H20ClN3O2/c1-13-6-14(2)8-19(7-13)26-22(28)17-9-16(11-24-12-17)21(27)25-18-5-4-15(3)20(23)10-18/h4-12H,1-3H3,(H,25,27)(H,26,28). The van der Waals surface area contributed by atoms with Gasteiger partial charge in [0, 0.05) is 28.8 Å². The third kappa shape index (κ3) is 4.75. The average molecular weight is 394 g/mol. The minimum absolute atomic E-state index is 0.282. The van der Waals surface area contributed by atoms with Crippen molar-refractivity contribution in [2.75, 3.05) is 10.6 Å². The van der Waals surface area contributed by atoms with Gasteiger partial charge in [0.15, 0.2) is 0 Å². The van der Waals surface area contributed by atoms with Gasteiger partial charge < -0.3 is 10.6 Å². The van der Waals surface area contributed by atoms with Crippen molar-refractivity contribution in [2.45, 2.75) is 20.8 Å². The number of anilines is 2. The Kier molecular flexibility index (Phi) is 5.76. The fourth-order valence-corrected chi connectivity index (χ4v) is 2.99. The average Bonchev–Trinajstić information content (AvgIpc) is 2.64. The van der Waals surface area contributed by atoms with Crippen LogP contribution in [0.2, 0.25) is 5.02 Å². The molecular weight excluding hydrogens is 374 g/mol. The predicted octanol–water partition coefficient (Wildman–Crippen LogP) is 5.16. The molecule has 0 aliphatic carbocycles. The van der Waals surface area contributed by atoms with Gasteiger partial charge in [0.05, 0.1) is 11.1 Å². The molecule has 0 unspecified atom stereocenters. The molecule has 0 aliphatic heterocycles. The molecule has 0 radical (unpaired) electrons. The molecule has 0 atom stereocenters. The first kappa shape index (κ1) is 19.6. The summed E-state index contributed by atoms with van der Waals surface area (Å²) < 4.78 is 0. The third-order valence-corrected chi connectivity index (χ3v) is 4.58. The van der Waals surface area contributed by atoms with Gasteiger partial charge in [-0.2, -0.15) is 0 Å². The monoisotopic (exact) mass is 393 g/mol. The summed E-state index contributed by atoms with van der Waals surface area (Å²) in [6, 6.07) is 12.6. The summed E-state index contributed by atoms with van der Waals surface area (Å²) in [5, 5.41) is 6.17. The number of aryl methyl sites for hydroxylation is 3. The Hall–Kier alpha value is -3.18. The van der Waals surface area contributed by atoms with Crippen molar-refractivity contribution >= 4 is 34.8 Å². The largest absolute Gasteiger partial charge is 0.322 e. The number of halogens is 1. The number of amides is 2. The van der Waals surface area contributed by atoms with Crippen LogP contribution in [-0.4, -0.2) is 16.8 Å². The van der Waals surface area contributed by atoms with Crippen LogP contribution in [0.25, 0.3) is 0 Å². The summed E-state index contributed by atoms with van der Waals surface area (Å²) >= 11 is 6.09. The maximum atomic E-state index is 12.6. The summed E-state index contributed by atoms with van der Waals surface area (Å²) in [7, 11) is 0. The quantitative estimate of drug-likeness (QED) is 0.642. The third-order valence-electron chi connectivity index (χ3n) is 4.17. The van der Waals surface area contributed by atoms with Crippen LogP contribution in [0.1, 0.15) is 37.4 Å². The minimum atomic E-state index is -0.367. The molecule has 5 nitrogen and oxygen atoms in total. The van der Waals surface area contributed by atoms with E-state index in [9.17, 15) is 9.59 Å². The van der Waals surface area contributed by atoms with Gasteiger partial charge in [-0.1, -0.05) is 23.7 Å². The maximum absolute atomic E-state index is 12.6. The first-order valence-corrected chi connectivity index (χ1v) is 9.12. The van der Waals surface area contributed by atoms with Crippen molar-refractivity contribution in [2.24, 2.45) is 0 Å². The highest BCUT2D eigenvalue weighted by Crippen LogP contribution is 2.21. The lowest BCUT2D eigenvalue weighted by Crippen LogP contribution is -2.16. The zero-order valence-corrected chi connectivity index (χ0v) is 16.6. The molecule has 0 saturated heterocycles. The number of hydrogen-bond donors (Lipinski definition) is 2. The van der Waals surface area contributed by atoms with Gasteiger partial charge in [0.25, 0.3) is 11.8 Å². The summed E-state index contributed by atoms with van der Waals surface area (Å²) in [6.07, 6.45) is 2.84. The summed E-state index contributed by atoms with van der Waals surface area (Å²) in [4.78, 5) is 29.1. The molecule has 2 aromatic carbocycles. The smallest absolute Gasteiger partial charge is 0.257 e. The molecule has 3 aromatic rings. The van der Waals surface area contributed by atoms with Crippen molar-refractivity contribution in [3.05, 3.63) is 87.7 Å². The van der Waals surface area contributed by atoms with Gasteiger partial charge in [0.1, 0.15) is 0 Å². The van der Waals surface area contributed by atoms with E-state index in [4.69, 9.17) is 11.6 Å². The number of aromatic nitrogens is 1. The highest BCUT2D eigenvalue weighted by molar-refractivity contribution is 6.31. The molecule has 28 heavy (non-hydrogen) atoms. The second-order valence-corrected chi connectivity index (χ2v) is 7.12. The van der Waals surface area contributed by atoms with Crippen molar-refractivity contribution in [1.82, 2.24) is 4.98 Å². The van der Waals surface area contributed by atoms with Gasteiger partial charge in [-0.3, -0.25) is 14.6 Å². The fourth-order valence-electron chi connectivity index (χ4n) is 2.81. The van der Waals surface area contributed by atoms with Crippen molar-refractivity contribution in [3.8, 4) is 0 Å². The molecule has 0 fully saturated rings. The summed E-state index contributed by atoms with van der Waals surface area (Å²) in [5.41, 5.74) is 4.89. The number of carbonyl (C=O) groups is 2. The van der Waals surface area contributed by atoms with E-state index in [0.29, 0.717) is 22.0 Å². The van der Waals surface area contributed by atoms with Gasteiger partial charge in [0.2, 0.25) is 0 Å². The number of carbonyl (C=O) groups excluding carboxylic acids is 2. The lowest BCUT2D eigenvalue weighted by atomic mass is 10.1. The number of nitrogens with zero attached hydrogens (tertiary/aromatic N) is 1. The Morgan fingerprint density at radius 3 is 1.93 bits per heavy atom. The highest BCUT2D eigenvalue weighted by atomic mass is 35.5. The van der Waals surface area contributed by atoms with E-state index in [1.165, 1.54) is 18.5 Å². The Morgan fingerprint density at radius 1 is 0.786 bits per heavy atom.